The number of thiocarbonyl (C=S) groups is 1. The molecule has 108 valence electrons. The highest BCUT2D eigenvalue weighted by Crippen LogP contribution is 2.24. The molecule has 2 aromatic rings. The van der Waals surface area contributed by atoms with Gasteiger partial charge in [-0.15, -0.1) is 0 Å². The van der Waals surface area contributed by atoms with Gasteiger partial charge in [-0.25, -0.2) is 0 Å². The fraction of sp³-hybridized carbons (Fsp3) is 0.0714. The molecule has 5 nitrogen and oxygen atoms in total. The van der Waals surface area contributed by atoms with Gasteiger partial charge in [0.25, 0.3) is 5.69 Å². The van der Waals surface area contributed by atoms with Crippen LogP contribution in [0.5, 0.6) is 0 Å². The predicted molar refractivity (Wildman–Crippen MR) is 89.1 cm³/mol. The van der Waals surface area contributed by atoms with Gasteiger partial charge in [0.15, 0.2) is 5.11 Å². The molecule has 0 aliphatic carbocycles. The molecule has 0 saturated carbocycles. The number of hydrogen-bond acceptors (Lipinski definition) is 3. The number of nitrogens with zero attached hydrogens (tertiary/aromatic N) is 1. The standard InChI is InChI=1S/C14H12ClN3O2S/c1-9-6-7-10(8-11(9)15)16-14(21)17-12-4-2-3-5-13(12)18(19)20/h2-8H,1H3,(H2,16,17,21). The number of anilines is 2. The number of aryl methyl sites for hydroxylation is 1. The van der Waals surface area contributed by atoms with Crippen molar-refractivity contribution in [3.63, 3.8) is 0 Å². The van der Waals surface area contributed by atoms with Crippen LogP contribution in [0.25, 0.3) is 0 Å². The van der Waals surface area contributed by atoms with E-state index in [1.807, 2.05) is 19.1 Å². The zero-order valence-electron chi connectivity index (χ0n) is 11.1. The Bertz CT molecular complexity index is 706. The molecule has 2 rings (SSSR count). The van der Waals surface area contributed by atoms with Crippen LogP contribution in [0.1, 0.15) is 5.56 Å². The molecule has 0 aliphatic heterocycles. The lowest BCUT2D eigenvalue weighted by Gasteiger charge is -2.11. The summed E-state index contributed by atoms with van der Waals surface area (Å²) in [4.78, 5) is 10.5. The summed E-state index contributed by atoms with van der Waals surface area (Å²) in [5.41, 5.74) is 1.96. The van der Waals surface area contributed by atoms with Gasteiger partial charge in [-0.3, -0.25) is 10.1 Å². The molecule has 2 N–H and O–H groups in total. The molecule has 0 amide bonds. The van der Waals surface area contributed by atoms with E-state index in [2.05, 4.69) is 10.6 Å². The summed E-state index contributed by atoms with van der Waals surface area (Å²) >= 11 is 11.2. The number of rotatable bonds is 3. The smallest absolute Gasteiger partial charge is 0.292 e. The van der Waals surface area contributed by atoms with Crippen molar-refractivity contribution in [3.8, 4) is 0 Å². The second-order valence-corrected chi connectivity index (χ2v) is 5.13. The monoisotopic (exact) mass is 321 g/mol. The van der Waals surface area contributed by atoms with Crippen molar-refractivity contribution in [1.29, 1.82) is 0 Å². The second-order valence-electron chi connectivity index (χ2n) is 4.32. The third-order valence-electron chi connectivity index (χ3n) is 2.78. The highest BCUT2D eigenvalue weighted by Gasteiger charge is 2.13. The number of benzene rings is 2. The highest BCUT2D eigenvalue weighted by molar-refractivity contribution is 7.80. The van der Waals surface area contributed by atoms with Crippen LogP contribution in [0.4, 0.5) is 17.1 Å². The molecule has 0 heterocycles. The van der Waals surface area contributed by atoms with E-state index in [1.165, 1.54) is 6.07 Å². The van der Waals surface area contributed by atoms with Gasteiger partial charge in [0, 0.05) is 16.8 Å². The summed E-state index contributed by atoms with van der Waals surface area (Å²) in [5.74, 6) is 0. The zero-order valence-corrected chi connectivity index (χ0v) is 12.7. The van der Waals surface area contributed by atoms with Gasteiger partial charge in [0.05, 0.1) is 4.92 Å². The van der Waals surface area contributed by atoms with Gasteiger partial charge in [0.2, 0.25) is 0 Å². The van der Waals surface area contributed by atoms with Crippen molar-refractivity contribution in [3.05, 3.63) is 63.2 Å². The Morgan fingerprint density at radius 3 is 2.62 bits per heavy atom. The summed E-state index contributed by atoms with van der Waals surface area (Å²) < 4.78 is 0. The number of nitrogens with one attached hydrogen (secondary N) is 2. The van der Waals surface area contributed by atoms with E-state index in [4.69, 9.17) is 23.8 Å². The second kappa shape index (κ2) is 6.51. The quantitative estimate of drug-likeness (QED) is 0.499. The van der Waals surface area contributed by atoms with Crippen LogP contribution in [0.2, 0.25) is 5.02 Å². The Morgan fingerprint density at radius 1 is 1.24 bits per heavy atom. The van der Waals surface area contributed by atoms with E-state index in [0.29, 0.717) is 16.4 Å². The molecule has 0 aromatic heterocycles. The molecular formula is C14H12ClN3O2S. The van der Waals surface area contributed by atoms with Crippen LogP contribution in [0.15, 0.2) is 42.5 Å². The molecule has 0 spiro atoms. The minimum absolute atomic E-state index is 0.0383. The first-order valence-corrected chi connectivity index (χ1v) is 6.83. The van der Waals surface area contributed by atoms with E-state index in [0.717, 1.165) is 5.56 Å². The van der Waals surface area contributed by atoms with Crippen molar-refractivity contribution in [1.82, 2.24) is 0 Å². The summed E-state index contributed by atoms with van der Waals surface area (Å²) in [7, 11) is 0. The molecular weight excluding hydrogens is 310 g/mol. The fourth-order valence-electron chi connectivity index (χ4n) is 1.69. The van der Waals surface area contributed by atoms with E-state index in [9.17, 15) is 10.1 Å². The van der Waals surface area contributed by atoms with Gasteiger partial charge in [-0.2, -0.15) is 0 Å². The lowest BCUT2D eigenvalue weighted by atomic mass is 10.2. The molecule has 0 bridgehead atoms. The van der Waals surface area contributed by atoms with Crippen LogP contribution in [-0.4, -0.2) is 10.0 Å². The maximum absolute atomic E-state index is 10.9. The number of para-hydroxylation sites is 2. The first kappa shape index (κ1) is 15.2. The Kier molecular flexibility index (Phi) is 4.72. The third kappa shape index (κ3) is 3.90. The van der Waals surface area contributed by atoms with Gasteiger partial charge in [-0.1, -0.05) is 29.8 Å². The Balaban J connectivity index is 2.12. The average molecular weight is 322 g/mol. The molecule has 0 unspecified atom stereocenters. The van der Waals surface area contributed by atoms with Crippen molar-refractivity contribution in [2.45, 2.75) is 6.92 Å². The summed E-state index contributed by atoms with van der Waals surface area (Å²) in [6, 6.07) is 11.7. The van der Waals surface area contributed by atoms with Crippen LogP contribution in [0, 0.1) is 17.0 Å². The number of halogens is 1. The summed E-state index contributed by atoms with van der Waals surface area (Å²) in [6.45, 7) is 1.90. The highest BCUT2D eigenvalue weighted by atomic mass is 35.5. The predicted octanol–water partition coefficient (Wildman–Crippen LogP) is 4.37. The van der Waals surface area contributed by atoms with Crippen LogP contribution < -0.4 is 10.6 Å². The molecule has 7 heteroatoms. The van der Waals surface area contributed by atoms with Crippen molar-refractivity contribution < 1.29 is 4.92 Å². The van der Waals surface area contributed by atoms with Gasteiger partial charge in [0.1, 0.15) is 5.69 Å². The van der Waals surface area contributed by atoms with Crippen LogP contribution in [0.3, 0.4) is 0 Å². The maximum atomic E-state index is 10.9. The van der Waals surface area contributed by atoms with E-state index in [1.54, 1.807) is 24.3 Å². The van der Waals surface area contributed by atoms with E-state index in [-0.39, 0.29) is 10.8 Å². The maximum Gasteiger partial charge on any atom is 0.292 e. The van der Waals surface area contributed by atoms with Crippen molar-refractivity contribution >= 4 is 46.0 Å². The molecule has 2 aromatic carbocycles. The Labute approximate surface area is 132 Å². The molecule has 21 heavy (non-hydrogen) atoms. The van der Waals surface area contributed by atoms with Crippen molar-refractivity contribution in [2.75, 3.05) is 10.6 Å². The largest absolute Gasteiger partial charge is 0.332 e. The zero-order chi connectivity index (χ0) is 15.4. The molecule has 0 fully saturated rings. The first-order chi connectivity index (χ1) is 9.97. The molecule has 0 atom stereocenters. The van der Waals surface area contributed by atoms with Gasteiger partial charge < -0.3 is 10.6 Å². The Hall–Kier alpha value is -2.18. The lowest BCUT2D eigenvalue weighted by molar-refractivity contribution is -0.383. The average Bonchev–Trinajstić information content (AvgIpc) is 2.43. The molecule has 0 aliphatic rings. The topological polar surface area (TPSA) is 67.2 Å². The van der Waals surface area contributed by atoms with E-state index < -0.39 is 4.92 Å². The lowest BCUT2D eigenvalue weighted by Crippen LogP contribution is -2.19. The number of nitro groups is 1. The minimum Gasteiger partial charge on any atom is -0.332 e. The first-order valence-electron chi connectivity index (χ1n) is 6.05. The third-order valence-corrected chi connectivity index (χ3v) is 3.39. The SMILES string of the molecule is Cc1ccc(NC(=S)Nc2ccccc2[N+](=O)[O-])cc1Cl. The molecule has 0 saturated heterocycles. The molecule has 0 radical (unpaired) electrons. The van der Waals surface area contributed by atoms with Crippen LogP contribution >= 0.6 is 23.8 Å². The Morgan fingerprint density at radius 2 is 1.95 bits per heavy atom. The minimum atomic E-state index is -0.465. The van der Waals surface area contributed by atoms with E-state index >= 15 is 0 Å². The van der Waals surface area contributed by atoms with Crippen molar-refractivity contribution in [2.24, 2.45) is 0 Å². The van der Waals surface area contributed by atoms with Crippen LogP contribution in [-0.2, 0) is 0 Å². The number of nitro benzene ring substituents is 1. The summed E-state index contributed by atoms with van der Waals surface area (Å²) in [6.07, 6.45) is 0. The summed E-state index contributed by atoms with van der Waals surface area (Å²) in [5, 5.41) is 17.5. The van der Waals surface area contributed by atoms with Gasteiger partial charge in [-0.05, 0) is 42.9 Å². The number of hydrogen-bond donors (Lipinski definition) is 2. The fourth-order valence-corrected chi connectivity index (χ4v) is 2.10. The normalized spacial score (nSPS) is 10.0. The van der Waals surface area contributed by atoms with Gasteiger partial charge >= 0.3 is 0 Å².